The third-order valence-corrected chi connectivity index (χ3v) is 1.88. The molecule has 1 unspecified atom stereocenters. The number of terminal acetylenes is 2. The predicted octanol–water partition coefficient (Wildman–Crippen LogP) is 1.61. The average molecular weight is 198 g/mol. The molecule has 2 nitrogen and oxygen atoms in total. The number of benzene rings is 1. The average Bonchev–Trinajstić information content (AvgIpc) is 2.29. The lowest BCUT2D eigenvalue weighted by atomic mass is 10.0. The zero-order valence-corrected chi connectivity index (χ0v) is 8.14. The second-order valence-electron chi connectivity index (χ2n) is 2.84. The van der Waals surface area contributed by atoms with Gasteiger partial charge in [0.1, 0.15) is 24.6 Å². The number of aldehydes is 1. The van der Waals surface area contributed by atoms with Crippen molar-refractivity contribution in [1.29, 1.82) is 0 Å². The highest BCUT2D eigenvalue weighted by Gasteiger charge is 2.05. The third-order valence-electron chi connectivity index (χ3n) is 1.88. The first-order chi connectivity index (χ1) is 7.31. The minimum absolute atomic E-state index is 0.228. The van der Waals surface area contributed by atoms with Crippen LogP contribution >= 0.6 is 0 Å². The van der Waals surface area contributed by atoms with E-state index in [9.17, 15) is 4.79 Å². The smallest absolute Gasteiger partial charge is 0.148 e. The molecule has 0 saturated carbocycles. The number of carbonyl (C=O) groups excluding carboxylic acids is 1. The maximum atomic E-state index is 10.6. The first kappa shape index (κ1) is 10.9. The minimum Gasteiger partial charge on any atom is -0.481 e. The molecular formula is C13H10O2. The normalized spacial score (nSPS) is 10.8. The van der Waals surface area contributed by atoms with Crippen molar-refractivity contribution in [3.05, 3.63) is 29.8 Å². The first-order valence-corrected chi connectivity index (χ1v) is 4.39. The quantitative estimate of drug-likeness (QED) is 0.542. The molecule has 0 aliphatic carbocycles. The molecule has 1 aromatic carbocycles. The van der Waals surface area contributed by atoms with Gasteiger partial charge in [0.05, 0.1) is 0 Å². The Labute approximate surface area is 89.3 Å². The zero-order chi connectivity index (χ0) is 11.1. The van der Waals surface area contributed by atoms with Gasteiger partial charge in [-0.3, -0.25) is 0 Å². The van der Waals surface area contributed by atoms with Crippen molar-refractivity contribution in [3.63, 3.8) is 0 Å². The summed E-state index contributed by atoms with van der Waals surface area (Å²) in [7, 11) is 0. The first-order valence-electron chi connectivity index (χ1n) is 4.39. The van der Waals surface area contributed by atoms with E-state index in [1.54, 1.807) is 24.3 Å². The Morgan fingerprint density at radius 3 is 2.47 bits per heavy atom. The van der Waals surface area contributed by atoms with E-state index in [4.69, 9.17) is 17.6 Å². The van der Waals surface area contributed by atoms with Crippen molar-refractivity contribution in [2.75, 3.05) is 6.61 Å². The Morgan fingerprint density at radius 2 is 2.00 bits per heavy atom. The van der Waals surface area contributed by atoms with Crippen molar-refractivity contribution in [2.45, 2.75) is 5.92 Å². The molecule has 0 aliphatic rings. The van der Waals surface area contributed by atoms with Crippen LogP contribution in [0, 0.1) is 24.7 Å². The molecule has 1 atom stereocenters. The summed E-state index contributed by atoms with van der Waals surface area (Å²) in [5.74, 6) is 4.93. The number of rotatable bonds is 4. The van der Waals surface area contributed by atoms with E-state index < -0.39 is 5.92 Å². The van der Waals surface area contributed by atoms with Crippen LogP contribution in [-0.4, -0.2) is 12.9 Å². The Kier molecular flexibility index (Phi) is 4.01. The molecule has 0 heterocycles. The summed E-state index contributed by atoms with van der Waals surface area (Å²) in [6, 6.07) is 6.98. The van der Waals surface area contributed by atoms with E-state index >= 15 is 0 Å². The Balaban J connectivity index is 2.77. The second kappa shape index (κ2) is 5.52. The van der Waals surface area contributed by atoms with Gasteiger partial charge < -0.3 is 9.53 Å². The molecule has 0 bridgehead atoms. The molecule has 0 fully saturated rings. The second-order valence-corrected chi connectivity index (χ2v) is 2.84. The van der Waals surface area contributed by atoms with Crippen LogP contribution in [0.3, 0.4) is 0 Å². The SMILES string of the molecule is C#CCOc1ccc(C(C#C)C=O)cc1. The van der Waals surface area contributed by atoms with Crippen LogP contribution in [0.2, 0.25) is 0 Å². The van der Waals surface area contributed by atoms with Gasteiger partial charge in [0.25, 0.3) is 0 Å². The van der Waals surface area contributed by atoms with Gasteiger partial charge in [-0.25, -0.2) is 0 Å². The molecule has 0 amide bonds. The molecule has 0 N–H and O–H groups in total. The molecule has 1 aromatic rings. The summed E-state index contributed by atoms with van der Waals surface area (Å²) in [6.45, 7) is 0.228. The number of hydrogen-bond donors (Lipinski definition) is 0. The van der Waals surface area contributed by atoms with Gasteiger partial charge in [-0.15, -0.1) is 12.8 Å². The number of hydrogen-bond acceptors (Lipinski definition) is 2. The molecule has 0 saturated heterocycles. The van der Waals surface area contributed by atoms with E-state index in [1.807, 2.05) is 0 Å². The molecule has 15 heavy (non-hydrogen) atoms. The molecule has 0 aromatic heterocycles. The van der Waals surface area contributed by atoms with Gasteiger partial charge >= 0.3 is 0 Å². The lowest BCUT2D eigenvalue weighted by Crippen LogP contribution is -1.97. The zero-order valence-electron chi connectivity index (χ0n) is 8.14. The Bertz CT molecular complexity index is 404. The van der Waals surface area contributed by atoms with E-state index in [0.29, 0.717) is 5.75 Å². The summed E-state index contributed by atoms with van der Waals surface area (Å²) < 4.78 is 5.18. The standard InChI is InChI=1S/C13H10O2/c1-3-9-15-13-7-5-12(6-8-13)11(4-2)10-14/h1-2,5-8,10-11H,9H2. The van der Waals surface area contributed by atoms with Gasteiger partial charge in [0.2, 0.25) is 0 Å². The summed E-state index contributed by atoms with van der Waals surface area (Å²) in [5.41, 5.74) is 0.778. The molecular weight excluding hydrogens is 188 g/mol. The van der Waals surface area contributed by atoms with Crippen molar-refractivity contribution < 1.29 is 9.53 Å². The van der Waals surface area contributed by atoms with Gasteiger partial charge in [-0.2, -0.15) is 0 Å². The van der Waals surface area contributed by atoms with Crippen LogP contribution in [0.5, 0.6) is 5.75 Å². The van der Waals surface area contributed by atoms with Crippen LogP contribution in [-0.2, 0) is 4.79 Å². The number of carbonyl (C=O) groups is 1. The van der Waals surface area contributed by atoms with E-state index in [1.165, 1.54) is 0 Å². The van der Waals surface area contributed by atoms with Crippen LogP contribution in [0.1, 0.15) is 11.5 Å². The van der Waals surface area contributed by atoms with Gasteiger partial charge in [-0.1, -0.05) is 24.0 Å². The monoisotopic (exact) mass is 198 g/mol. The van der Waals surface area contributed by atoms with E-state index in [0.717, 1.165) is 11.8 Å². The molecule has 0 spiro atoms. The van der Waals surface area contributed by atoms with Crippen molar-refractivity contribution in [1.82, 2.24) is 0 Å². The maximum Gasteiger partial charge on any atom is 0.148 e. The fourth-order valence-corrected chi connectivity index (χ4v) is 1.11. The third kappa shape index (κ3) is 2.90. The molecule has 74 valence electrons. The fraction of sp³-hybridized carbons (Fsp3) is 0.154. The molecule has 1 rings (SSSR count). The van der Waals surface area contributed by atoms with Crippen molar-refractivity contribution in [2.24, 2.45) is 0 Å². The summed E-state index contributed by atoms with van der Waals surface area (Å²) >= 11 is 0. The lowest BCUT2D eigenvalue weighted by molar-refractivity contribution is -0.108. The highest BCUT2D eigenvalue weighted by Crippen LogP contribution is 2.17. The largest absolute Gasteiger partial charge is 0.481 e. The molecule has 0 radical (unpaired) electrons. The van der Waals surface area contributed by atoms with Crippen LogP contribution < -0.4 is 4.74 Å². The lowest BCUT2D eigenvalue weighted by Gasteiger charge is -2.05. The van der Waals surface area contributed by atoms with E-state index in [2.05, 4.69) is 11.8 Å². The highest BCUT2D eigenvalue weighted by molar-refractivity contribution is 5.67. The fourth-order valence-electron chi connectivity index (χ4n) is 1.11. The topological polar surface area (TPSA) is 26.3 Å². The van der Waals surface area contributed by atoms with Gasteiger partial charge in [0.15, 0.2) is 0 Å². The highest BCUT2D eigenvalue weighted by atomic mass is 16.5. The molecule has 0 aliphatic heterocycles. The van der Waals surface area contributed by atoms with E-state index in [-0.39, 0.29) is 6.61 Å². The maximum absolute atomic E-state index is 10.6. The van der Waals surface area contributed by atoms with Crippen molar-refractivity contribution in [3.8, 4) is 30.4 Å². The van der Waals surface area contributed by atoms with Crippen molar-refractivity contribution >= 4 is 6.29 Å². The number of ether oxygens (including phenoxy) is 1. The van der Waals surface area contributed by atoms with Gasteiger partial charge in [-0.05, 0) is 17.7 Å². The van der Waals surface area contributed by atoms with Crippen LogP contribution in [0.15, 0.2) is 24.3 Å². The Hall–Kier alpha value is -2.19. The van der Waals surface area contributed by atoms with Crippen LogP contribution in [0.25, 0.3) is 0 Å². The minimum atomic E-state index is -0.494. The van der Waals surface area contributed by atoms with Gasteiger partial charge in [0, 0.05) is 0 Å². The predicted molar refractivity (Wildman–Crippen MR) is 58.4 cm³/mol. The van der Waals surface area contributed by atoms with Crippen LogP contribution in [0.4, 0.5) is 0 Å². The Morgan fingerprint density at radius 1 is 1.33 bits per heavy atom. The summed E-state index contributed by atoms with van der Waals surface area (Å²) in [6.07, 6.45) is 11.0. The summed E-state index contributed by atoms with van der Waals surface area (Å²) in [4.78, 5) is 10.6. The summed E-state index contributed by atoms with van der Waals surface area (Å²) in [5, 5.41) is 0. The molecule has 2 heteroatoms.